The van der Waals surface area contributed by atoms with Crippen LogP contribution in [0.2, 0.25) is 0 Å². The Balaban J connectivity index is 1.38. The number of amides is 2. The van der Waals surface area contributed by atoms with Crippen molar-refractivity contribution in [3.63, 3.8) is 0 Å². The number of aromatic amines is 1. The number of ether oxygens (including phenoxy) is 2. The zero-order valence-electron chi connectivity index (χ0n) is 16.6. The largest absolute Gasteiger partial charge is 0.454 e. The van der Waals surface area contributed by atoms with E-state index < -0.39 is 6.04 Å². The van der Waals surface area contributed by atoms with Gasteiger partial charge in [-0.3, -0.25) is 14.7 Å². The number of fused-ring (bicyclic) bond motifs is 2. The molecule has 10 nitrogen and oxygen atoms in total. The molecule has 1 fully saturated rings. The standard InChI is InChI=1S/C20H20N6O4/c1-10-11(2)22-24-18-16(10)17(23-25-18)21-19(27)13-4-3-7-26(13)20(28)12-5-6-14-15(8-12)30-9-29-14/h5-6,8,13H,3-4,7,9H2,1-2H3,(H2,21,23,24,25,27). The van der Waals surface area contributed by atoms with Gasteiger partial charge in [0.25, 0.3) is 5.91 Å². The Bertz CT molecular complexity index is 1170. The predicted octanol–water partition coefficient (Wildman–Crippen LogP) is 1.94. The van der Waals surface area contributed by atoms with Gasteiger partial charge in [-0.25, -0.2) is 0 Å². The van der Waals surface area contributed by atoms with Crippen molar-refractivity contribution in [1.82, 2.24) is 25.3 Å². The van der Waals surface area contributed by atoms with Gasteiger partial charge in [-0.15, -0.1) is 5.10 Å². The number of carbonyl (C=O) groups excluding carboxylic acids is 2. The van der Waals surface area contributed by atoms with Crippen molar-refractivity contribution in [1.29, 1.82) is 0 Å². The zero-order chi connectivity index (χ0) is 20.8. The molecule has 2 amide bonds. The molecule has 2 N–H and O–H groups in total. The molecule has 2 aliphatic rings. The van der Waals surface area contributed by atoms with Crippen LogP contribution in [0.4, 0.5) is 5.82 Å². The van der Waals surface area contributed by atoms with Gasteiger partial charge >= 0.3 is 0 Å². The van der Waals surface area contributed by atoms with E-state index in [0.29, 0.717) is 41.5 Å². The molecular weight excluding hydrogens is 388 g/mol. The number of nitrogens with zero attached hydrogens (tertiary/aromatic N) is 4. The number of hydrogen-bond donors (Lipinski definition) is 2. The van der Waals surface area contributed by atoms with Gasteiger partial charge in [-0.05, 0) is 50.5 Å². The van der Waals surface area contributed by atoms with Crippen molar-refractivity contribution in [3.05, 3.63) is 35.0 Å². The second-order valence-electron chi connectivity index (χ2n) is 7.42. The summed E-state index contributed by atoms with van der Waals surface area (Å²) in [7, 11) is 0. The van der Waals surface area contributed by atoms with Crippen molar-refractivity contribution < 1.29 is 19.1 Å². The third-order valence-electron chi connectivity index (χ3n) is 5.64. The first kappa shape index (κ1) is 18.3. The van der Waals surface area contributed by atoms with Crippen LogP contribution < -0.4 is 14.8 Å². The van der Waals surface area contributed by atoms with Crippen LogP contribution in [0.25, 0.3) is 11.0 Å². The molecule has 2 aromatic heterocycles. The summed E-state index contributed by atoms with van der Waals surface area (Å²) in [6.07, 6.45) is 1.33. The van der Waals surface area contributed by atoms with Crippen molar-refractivity contribution in [2.24, 2.45) is 0 Å². The first-order valence-corrected chi connectivity index (χ1v) is 9.72. The maximum absolute atomic E-state index is 13.1. The van der Waals surface area contributed by atoms with Crippen molar-refractivity contribution in [2.45, 2.75) is 32.7 Å². The monoisotopic (exact) mass is 408 g/mol. The summed E-state index contributed by atoms with van der Waals surface area (Å²) in [5.74, 6) is 1.06. The fraction of sp³-hybridized carbons (Fsp3) is 0.350. The van der Waals surface area contributed by atoms with Gasteiger partial charge in [0, 0.05) is 12.1 Å². The molecule has 30 heavy (non-hydrogen) atoms. The third-order valence-corrected chi connectivity index (χ3v) is 5.64. The lowest BCUT2D eigenvalue weighted by Gasteiger charge is -2.24. The first-order valence-electron chi connectivity index (χ1n) is 9.72. The fourth-order valence-corrected chi connectivity index (χ4v) is 3.91. The van der Waals surface area contributed by atoms with E-state index in [9.17, 15) is 9.59 Å². The van der Waals surface area contributed by atoms with E-state index in [1.54, 1.807) is 23.1 Å². The molecule has 1 saturated heterocycles. The van der Waals surface area contributed by atoms with Crippen LogP contribution in [0, 0.1) is 13.8 Å². The maximum atomic E-state index is 13.1. The number of likely N-dealkylation sites (tertiary alicyclic amines) is 1. The van der Waals surface area contributed by atoms with Gasteiger partial charge in [0.05, 0.1) is 11.1 Å². The SMILES string of the molecule is Cc1nnc2[nH]nc(NC(=O)C3CCCN3C(=O)c3ccc4c(c3)OCO4)c2c1C. The normalized spacial score (nSPS) is 17.5. The minimum absolute atomic E-state index is 0.141. The molecule has 1 atom stereocenters. The fourth-order valence-electron chi connectivity index (χ4n) is 3.91. The van der Waals surface area contributed by atoms with E-state index >= 15 is 0 Å². The minimum Gasteiger partial charge on any atom is -0.454 e. The van der Waals surface area contributed by atoms with E-state index in [2.05, 4.69) is 25.7 Å². The molecule has 2 aliphatic heterocycles. The van der Waals surface area contributed by atoms with Crippen LogP contribution in [0.1, 0.15) is 34.5 Å². The number of anilines is 1. The van der Waals surface area contributed by atoms with Crippen molar-refractivity contribution in [2.75, 3.05) is 18.7 Å². The zero-order valence-corrected chi connectivity index (χ0v) is 16.6. The van der Waals surface area contributed by atoms with Crippen LogP contribution >= 0.6 is 0 Å². The molecule has 3 aromatic rings. The molecule has 0 saturated carbocycles. The highest BCUT2D eigenvalue weighted by Crippen LogP contribution is 2.33. The number of rotatable bonds is 3. The van der Waals surface area contributed by atoms with E-state index in [-0.39, 0.29) is 18.6 Å². The molecule has 5 rings (SSSR count). The Labute approximate surface area is 171 Å². The van der Waals surface area contributed by atoms with Gasteiger partial charge in [0.2, 0.25) is 12.7 Å². The Hall–Kier alpha value is -3.69. The highest BCUT2D eigenvalue weighted by Gasteiger charge is 2.35. The summed E-state index contributed by atoms with van der Waals surface area (Å²) >= 11 is 0. The van der Waals surface area contributed by atoms with Crippen LogP contribution in [0.3, 0.4) is 0 Å². The smallest absolute Gasteiger partial charge is 0.254 e. The molecular formula is C20H20N6O4. The first-order chi connectivity index (χ1) is 14.5. The summed E-state index contributed by atoms with van der Waals surface area (Å²) < 4.78 is 10.7. The van der Waals surface area contributed by atoms with Crippen LogP contribution in [0.15, 0.2) is 18.2 Å². The van der Waals surface area contributed by atoms with Crippen molar-refractivity contribution in [3.8, 4) is 11.5 Å². The Kier molecular flexibility index (Phi) is 4.27. The quantitative estimate of drug-likeness (QED) is 0.679. The second-order valence-corrected chi connectivity index (χ2v) is 7.42. The molecule has 0 radical (unpaired) electrons. The number of nitrogens with one attached hydrogen (secondary N) is 2. The van der Waals surface area contributed by atoms with E-state index in [0.717, 1.165) is 23.1 Å². The summed E-state index contributed by atoms with van der Waals surface area (Å²) in [4.78, 5) is 27.7. The average molecular weight is 408 g/mol. The molecule has 0 spiro atoms. The molecule has 0 aliphatic carbocycles. The number of aryl methyl sites for hydroxylation is 2. The molecule has 4 heterocycles. The van der Waals surface area contributed by atoms with Gasteiger partial charge < -0.3 is 19.7 Å². The molecule has 1 aromatic carbocycles. The molecule has 154 valence electrons. The summed E-state index contributed by atoms with van der Waals surface area (Å²) in [6, 6.07) is 4.48. The predicted molar refractivity (Wildman–Crippen MR) is 106 cm³/mol. The number of aromatic nitrogens is 4. The van der Waals surface area contributed by atoms with Crippen LogP contribution in [0.5, 0.6) is 11.5 Å². The Morgan fingerprint density at radius 1 is 1.20 bits per heavy atom. The second kappa shape index (κ2) is 6.97. The van der Waals surface area contributed by atoms with Gasteiger partial charge in [0.15, 0.2) is 23.0 Å². The van der Waals surface area contributed by atoms with Crippen LogP contribution in [-0.2, 0) is 4.79 Å². The summed E-state index contributed by atoms with van der Waals surface area (Å²) in [5.41, 5.74) is 2.63. The highest BCUT2D eigenvalue weighted by atomic mass is 16.7. The van der Waals surface area contributed by atoms with Crippen molar-refractivity contribution >= 4 is 28.7 Å². The summed E-state index contributed by atoms with van der Waals surface area (Å²) in [6.45, 7) is 4.41. The lowest BCUT2D eigenvalue weighted by atomic mass is 10.1. The van der Waals surface area contributed by atoms with Gasteiger partial charge in [-0.1, -0.05) is 0 Å². The van der Waals surface area contributed by atoms with Gasteiger partial charge in [-0.2, -0.15) is 10.2 Å². The Morgan fingerprint density at radius 2 is 2.03 bits per heavy atom. The van der Waals surface area contributed by atoms with Gasteiger partial charge in [0.1, 0.15) is 6.04 Å². The lowest BCUT2D eigenvalue weighted by molar-refractivity contribution is -0.119. The average Bonchev–Trinajstić information content (AvgIpc) is 3.49. The topological polar surface area (TPSA) is 122 Å². The van der Waals surface area contributed by atoms with E-state index in [4.69, 9.17) is 9.47 Å². The maximum Gasteiger partial charge on any atom is 0.254 e. The third kappa shape index (κ3) is 2.92. The lowest BCUT2D eigenvalue weighted by Crippen LogP contribution is -2.43. The number of H-pyrrole nitrogens is 1. The van der Waals surface area contributed by atoms with E-state index in [1.165, 1.54) is 0 Å². The number of benzene rings is 1. The highest BCUT2D eigenvalue weighted by molar-refractivity contribution is 6.05. The molecule has 10 heteroatoms. The number of carbonyl (C=O) groups is 2. The molecule has 1 unspecified atom stereocenters. The van der Waals surface area contributed by atoms with Crippen LogP contribution in [-0.4, -0.2) is 56.5 Å². The summed E-state index contributed by atoms with van der Waals surface area (Å²) in [5, 5.41) is 18.7. The minimum atomic E-state index is -0.578. The van der Waals surface area contributed by atoms with E-state index in [1.807, 2.05) is 13.8 Å². The Morgan fingerprint density at radius 3 is 2.90 bits per heavy atom. The molecule has 0 bridgehead atoms. The number of hydrogen-bond acceptors (Lipinski definition) is 7.